The molecule has 2 amide bonds. The summed E-state index contributed by atoms with van der Waals surface area (Å²) in [7, 11) is -4.22. The minimum atomic E-state index is -4.22. The molecule has 2 aliphatic rings. The summed E-state index contributed by atoms with van der Waals surface area (Å²) in [6.07, 6.45) is -0.953. The van der Waals surface area contributed by atoms with E-state index in [4.69, 9.17) is 9.47 Å². The number of fused-ring (bicyclic) bond motifs is 6. The Hall–Kier alpha value is -4.26. The molecule has 1 saturated heterocycles. The highest BCUT2D eigenvalue weighted by molar-refractivity contribution is 7.92. The molecule has 0 unspecified atom stereocenters. The Bertz CT molecular complexity index is 1600. The number of likely N-dealkylation sites (tertiary alicyclic amines) is 1. The lowest BCUT2D eigenvalue weighted by atomic mass is 9.95. The molecular formula is C28H32N6O6S. The zero-order chi connectivity index (χ0) is 29.5. The van der Waals surface area contributed by atoms with Crippen molar-refractivity contribution in [1.82, 2.24) is 19.9 Å². The number of carbonyl (C=O) groups is 2. The second-order valence-corrected chi connectivity index (χ2v) is 12.8. The Balaban J connectivity index is 1.62. The minimum Gasteiger partial charge on any atom is -0.472 e. The third kappa shape index (κ3) is 6.40. The number of benzene rings is 1. The number of piperidine rings is 1. The maximum atomic E-state index is 13.3. The van der Waals surface area contributed by atoms with Gasteiger partial charge in [-0.05, 0) is 64.3 Å². The maximum absolute atomic E-state index is 13.3. The van der Waals surface area contributed by atoms with Crippen molar-refractivity contribution in [2.75, 3.05) is 23.1 Å². The van der Waals surface area contributed by atoms with Crippen LogP contribution in [0.5, 0.6) is 5.88 Å². The summed E-state index contributed by atoms with van der Waals surface area (Å²) in [5.74, 6) is -1.19. The molecule has 6 bridgehead atoms. The van der Waals surface area contributed by atoms with E-state index in [9.17, 15) is 18.0 Å². The van der Waals surface area contributed by atoms with Gasteiger partial charge in [0.2, 0.25) is 17.7 Å². The van der Waals surface area contributed by atoms with Crippen molar-refractivity contribution in [1.29, 1.82) is 0 Å². The van der Waals surface area contributed by atoms with Crippen molar-refractivity contribution >= 4 is 33.8 Å². The van der Waals surface area contributed by atoms with Gasteiger partial charge in [-0.3, -0.25) is 4.79 Å². The molecule has 4 heterocycles. The number of amides is 2. The van der Waals surface area contributed by atoms with Gasteiger partial charge in [0.15, 0.2) is 5.03 Å². The SMILES string of the molecule is Cc1cccc(C)c1-c1cc2nc(n1)NS(=O)(=O)c1cccc(n1)NC(=O)[C@@H]1C[C@@H](CN(C(=O)OC(C)(C)C)C1)O2. The summed E-state index contributed by atoms with van der Waals surface area (Å²) < 4.78 is 40.8. The summed E-state index contributed by atoms with van der Waals surface area (Å²) >= 11 is 0. The van der Waals surface area contributed by atoms with Crippen molar-refractivity contribution in [3.63, 3.8) is 0 Å². The fourth-order valence-electron chi connectivity index (χ4n) is 4.89. The van der Waals surface area contributed by atoms with Crippen molar-refractivity contribution in [3.05, 3.63) is 53.6 Å². The lowest BCUT2D eigenvalue weighted by Gasteiger charge is -2.37. The van der Waals surface area contributed by atoms with Crippen LogP contribution in [-0.2, 0) is 19.6 Å². The molecule has 0 radical (unpaired) electrons. The maximum Gasteiger partial charge on any atom is 0.410 e. The van der Waals surface area contributed by atoms with E-state index in [-0.39, 0.29) is 42.2 Å². The number of sulfonamides is 1. The Labute approximate surface area is 238 Å². The standard InChI is InChI=1S/C28H32N6O6S/c1-16-8-6-9-17(2)24(16)20-13-22-32-26(29-20)33-41(37,38)23-11-7-10-21(30-23)31-25(35)18-12-19(39-22)15-34(14-18)27(36)40-28(3,4)5/h6-11,13,18-19H,12,14-15H2,1-5H3,(H,29,32,33)(H,30,31,35)/t18-,19+/m1/s1. The summed E-state index contributed by atoms with van der Waals surface area (Å²) in [6.45, 7) is 9.38. The Kier molecular flexibility index (Phi) is 7.32. The van der Waals surface area contributed by atoms with Crippen molar-refractivity contribution in [3.8, 4) is 17.1 Å². The van der Waals surface area contributed by atoms with Crippen LogP contribution in [0.15, 0.2) is 47.5 Å². The fraction of sp³-hybridized carbons (Fsp3) is 0.393. The van der Waals surface area contributed by atoms with Gasteiger partial charge in [-0.15, -0.1) is 0 Å². The molecule has 2 aliphatic heterocycles. The fourth-order valence-corrected chi connectivity index (χ4v) is 5.80. The van der Waals surface area contributed by atoms with Gasteiger partial charge in [-0.2, -0.15) is 13.4 Å². The zero-order valence-electron chi connectivity index (χ0n) is 23.5. The van der Waals surface area contributed by atoms with Gasteiger partial charge in [-0.1, -0.05) is 24.3 Å². The van der Waals surface area contributed by atoms with Crippen LogP contribution in [0.25, 0.3) is 11.3 Å². The normalized spacial score (nSPS) is 20.1. The van der Waals surface area contributed by atoms with Crippen LogP contribution in [0.2, 0.25) is 0 Å². The number of ether oxygens (including phenoxy) is 2. The van der Waals surface area contributed by atoms with E-state index in [1.54, 1.807) is 26.8 Å². The topological polar surface area (TPSA) is 153 Å². The van der Waals surface area contributed by atoms with Gasteiger partial charge >= 0.3 is 6.09 Å². The van der Waals surface area contributed by atoms with Gasteiger partial charge in [0.25, 0.3) is 10.0 Å². The number of nitrogens with zero attached hydrogens (tertiary/aromatic N) is 4. The first kappa shape index (κ1) is 28.3. The van der Waals surface area contributed by atoms with E-state index in [0.717, 1.165) is 16.7 Å². The van der Waals surface area contributed by atoms with Crippen LogP contribution < -0.4 is 14.8 Å². The molecule has 0 saturated carbocycles. The van der Waals surface area contributed by atoms with Gasteiger partial charge in [0.1, 0.15) is 17.5 Å². The van der Waals surface area contributed by atoms with Crippen LogP contribution in [0.4, 0.5) is 16.6 Å². The molecule has 1 aromatic carbocycles. The molecule has 0 spiro atoms. The summed E-state index contributed by atoms with van der Waals surface area (Å²) in [5, 5.41) is 2.35. The lowest BCUT2D eigenvalue weighted by Crippen LogP contribution is -2.52. The van der Waals surface area contributed by atoms with Crippen molar-refractivity contribution in [2.45, 2.75) is 57.8 Å². The quantitative estimate of drug-likeness (QED) is 0.436. The monoisotopic (exact) mass is 580 g/mol. The number of aryl methyl sites for hydroxylation is 2. The second kappa shape index (κ2) is 10.6. The predicted molar refractivity (Wildman–Crippen MR) is 151 cm³/mol. The number of rotatable bonds is 1. The smallest absolute Gasteiger partial charge is 0.410 e. The molecule has 41 heavy (non-hydrogen) atoms. The average Bonchev–Trinajstić information content (AvgIpc) is 2.87. The van der Waals surface area contributed by atoms with Crippen LogP contribution >= 0.6 is 0 Å². The van der Waals surface area contributed by atoms with Gasteiger partial charge in [0.05, 0.1) is 18.2 Å². The first-order valence-electron chi connectivity index (χ1n) is 13.2. The second-order valence-electron chi connectivity index (χ2n) is 11.2. The van der Waals surface area contributed by atoms with Gasteiger partial charge < -0.3 is 19.7 Å². The number of pyridine rings is 1. The highest BCUT2D eigenvalue weighted by Gasteiger charge is 2.37. The van der Waals surface area contributed by atoms with E-state index < -0.39 is 39.6 Å². The molecule has 5 rings (SSSR count). The molecule has 216 valence electrons. The summed E-state index contributed by atoms with van der Waals surface area (Å²) in [4.78, 5) is 40.8. The first-order chi connectivity index (χ1) is 19.3. The Morgan fingerprint density at radius 1 is 1.05 bits per heavy atom. The third-order valence-electron chi connectivity index (χ3n) is 6.64. The Morgan fingerprint density at radius 3 is 2.46 bits per heavy atom. The predicted octanol–water partition coefficient (Wildman–Crippen LogP) is 3.91. The van der Waals surface area contributed by atoms with Crippen molar-refractivity contribution < 1.29 is 27.5 Å². The summed E-state index contributed by atoms with van der Waals surface area (Å²) in [5.41, 5.74) is 2.38. The number of hydrogen-bond donors (Lipinski definition) is 2. The van der Waals surface area contributed by atoms with E-state index >= 15 is 0 Å². The molecular weight excluding hydrogens is 548 g/mol. The number of nitrogens with one attached hydrogen (secondary N) is 2. The molecule has 2 N–H and O–H groups in total. The Morgan fingerprint density at radius 2 is 1.76 bits per heavy atom. The van der Waals surface area contributed by atoms with Crippen LogP contribution in [0, 0.1) is 19.8 Å². The average molecular weight is 581 g/mol. The zero-order valence-corrected chi connectivity index (χ0v) is 24.3. The molecule has 1 fully saturated rings. The molecule has 2 atom stereocenters. The number of hydrogen-bond acceptors (Lipinski definition) is 9. The molecule has 3 aromatic rings. The largest absolute Gasteiger partial charge is 0.472 e. The molecule has 2 aromatic heterocycles. The van der Waals surface area contributed by atoms with E-state index in [0.29, 0.717) is 5.69 Å². The van der Waals surface area contributed by atoms with E-state index in [1.165, 1.54) is 23.1 Å². The number of carbonyl (C=O) groups excluding carboxylic acids is 2. The molecule has 13 heteroatoms. The third-order valence-corrected chi connectivity index (χ3v) is 7.87. The van der Waals surface area contributed by atoms with Crippen LogP contribution in [0.1, 0.15) is 38.3 Å². The van der Waals surface area contributed by atoms with Crippen molar-refractivity contribution in [2.24, 2.45) is 5.92 Å². The van der Waals surface area contributed by atoms with E-state index in [1.807, 2.05) is 32.0 Å². The van der Waals surface area contributed by atoms with Gasteiger partial charge in [-0.25, -0.2) is 19.5 Å². The number of anilines is 2. The minimum absolute atomic E-state index is 0.0488. The number of aromatic nitrogens is 3. The van der Waals surface area contributed by atoms with E-state index in [2.05, 4.69) is 25.0 Å². The van der Waals surface area contributed by atoms with Crippen LogP contribution in [-0.4, -0.2) is 65.1 Å². The van der Waals surface area contributed by atoms with Gasteiger partial charge in [0, 0.05) is 18.2 Å². The molecule has 0 aliphatic carbocycles. The lowest BCUT2D eigenvalue weighted by molar-refractivity contribution is -0.122. The first-order valence-corrected chi connectivity index (χ1v) is 14.7. The summed E-state index contributed by atoms with van der Waals surface area (Å²) in [6, 6.07) is 11.7. The van der Waals surface area contributed by atoms with Crippen LogP contribution in [0.3, 0.4) is 0 Å². The highest BCUT2D eigenvalue weighted by atomic mass is 32.2. The molecule has 12 nitrogen and oxygen atoms in total. The highest BCUT2D eigenvalue weighted by Crippen LogP contribution is 2.31.